The SMILES string of the molecule is O=[N+]([O-])C1=NNc2nc(C(F)(F)F)nn2C1O. The largest absolute Gasteiger partial charge is 0.453 e. The van der Waals surface area contributed by atoms with Gasteiger partial charge in [0.2, 0.25) is 0 Å². The highest BCUT2D eigenvalue weighted by Crippen LogP contribution is 2.29. The fourth-order valence-electron chi connectivity index (χ4n) is 1.10. The Balaban J connectivity index is 2.41. The Morgan fingerprint density at radius 2 is 2.18 bits per heavy atom. The van der Waals surface area contributed by atoms with Gasteiger partial charge in [-0.2, -0.15) is 22.8 Å². The first kappa shape index (κ1) is 11.3. The molecule has 2 rings (SSSR count). The number of hydrogen-bond acceptors (Lipinski definition) is 7. The van der Waals surface area contributed by atoms with Crippen LogP contribution >= 0.6 is 0 Å². The quantitative estimate of drug-likeness (QED) is 0.487. The third-order valence-corrected chi connectivity index (χ3v) is 1.80. The highest BCUT2D eigenvalue weighted by atomic mass is 19.4. The van der Waals surface area contributed by atoms with Gasteiger partial charge in [0.25, 0.3) is 18.0 Å². The lowest BCUT2D eigenvalue weighted by molar-refractivity contribution is -0.362. The van der Waals surface area contributed by atoms with Crippen LogP contribution in [0.25, 0.3) is 0 Å². The molecule has 0 saturated carbocycles. The Bertz CT molecular complexity index is 507. The van der Waals surface area contributed by atoms with E-state index in [2.05, 4.69) is 15.2 Å². The molecule has 2 N–H and O–H groups in total. The van der Waals surface area contributed by atoms with E-state index in [0.717, 1.165) is 0 Å². The zero-order chi connectivity index (χ0) is 12.8. The molecule has 1 atom stereocenters. The summed E-state index contributed by atoms with van der Waals surface area (Å²) < 4.78 is 37.0. The molecule has 0 saturated heterocycles. The number of aromatic nitrogens is 3. The summed E-state index contributed by atoms with van der Waals surface area (Å²) in [4.78, 5) is 12.3. The van der Waals surface area contributed by atoms with Gasteiger partial charge >= 0.3 is 12.0 Å². The predicted octanol–water partition coefficient (Wildman–Crippen LogP) is -0.197. The molecule has 12 heteroatoms. The fourth-order valence-corrected chi connectivity index (χ4v) is 1.10. The van der Waals surface area contributed by atoms with Gasteiger partial charge in [0.15, 0.2) is 0 Å². The van der Waals surface area contributed by atoms with Crippen LogP contribution in [0.1, 0.15) is 12.1 Å². The summed E-state index contributed by atoms with van der Waals surface area (Å²) in [6, 6.07) is 0. The number of nitrogens with zero attached hydrogens (tertiary/aromatic N) is 5. The van der Waals surface area contributed by atoms with Gasteiger partial charge in [-0.25, -0.2) is 0 Å². The van der Waals surface area contributed by atoms with Gasteiger partial charge in [0.05, 0.1) is 5.10 Å². The first-order valence-electron chi connectivity index (χ1n) is 4.00. The second kappa shape index (κ2) is 3.38. The van der Waals surface area contributed by atoms with E-state index in [1.54, 1.807) is 0 Å². The van der Waals surface area contributed by atoms with Gasteiger partial charge in [0, 0.05) is 0 Å². The molecule has 92 valence electrons. The van der Waals surface area contributed by atoms with E-state index in [-0.39, 0.29) is 0 Å². The average molecular weight is 252 g/mol. The Hall–Kier alpha value is -2.24. The second-order valence-electron chi connectivity index (χ2n) is 2.91. The number of fused-ring (bicyclic) bond motifs is 1. The van der Waals surface area contributed by atoms with Crippen LogP contribution < -0.4 is 5.43 Å². The highest BCUT2D eigenvalue weighted by molar-refractivity contribution is 5.79. The third kappa shape index (κ3) is 1.77. The zero-order valence-electron chi connectivity index (χ0n) is 7.71. The number of aliphatic hydroxyl groups is 1. The molecule has 2 heterocycles. The van der Waals surface area contributed by atoms with Crippen molar-refractivity contribution in [2.45, 2.75) is 12.4 Å². The summed E-state index contributed by atoms with van der Waals surface area (Å²) >= 11 is 0. The van der Waals surface area contributed by atoms with Gasteiger partial charge in [-0.3, -0.25) is 0 Å². The topological polar surface area (TPSA) is 118 Å². The minimum absolute atomic E-state index is 0.327. The molecule has 0 aromatic carbocycles. The minimum atomic E-state index is -4.82. The summed E-state index contributed by atoms with van der Waals surface area (Å²) in [6.45, 7) is 0. The molecule has 0 amide bonds. The lowest BCUT2D eigenvalue weighted by Gasteiger charge is -2.12. The maximum Gasteiger partial charge on any atom is 0.453 e. The van der Waals surface area contributed by atoms with Crippen molar-refractivity contribution in [2.75, 3.05) is 5.43 Å². The summed E-state index contributed by atoms with van der Waals surface area (Å²) in [5.41, 5.74) is 1.89. The Morgan fingerprint density at radius 1 is 1.53 bits per heavy atom. The van der Waals surface area contributed by atoms with Crippen molar-refractivity contribution in [2.24, 2.45) is 5.10 Å². The molecule has 0 aliphatic carbocycles. The maximum absolute atomic E-state index is 12.2. The summed E-state index contributed by atoms with van der Waals surface area (Å²) in [5, 5.41) is 25.7. The minimum Gasteiger partial charge on any atom is -0.362 e. The highest BCUT2D eigenvalue weighted by Gasteiger charge is 2.41. The normalized spacial score (nSPS) is 19.3. The Morgan fingerprint density at radius 3 is 2.71 bits per heavy atom. The fraction of sp³-hybridized carbons (Fsp3) is 0.400. The first-order chi connectivity index (χ1) is 7.80. The van der Waals surface area contributed by atoms with Crippen molar-refractivity contribution in [1.82, 2.24) is 14.8 Å². The number of halogens is 3. The van der Waals surface area contributed by atoms with Gasteiger partial charge in [-0.1, -0.05) is 0 Å². The van der Waals surface area contributed by atoms with E-state index >= 15 is 0 Å². The molecule has 1 aliphatic heterocycles. The molecular formula is C5H3F3N6O3. The van der Waals surface area contributed by atoms with E-state index in [9.17, 15) is 28.4 Å². The van der Waals surface area contributed by atoms with Crippen molar-refractivity contribution in [3.63, 3.8) is 0 Å². The summed E-state index contributed by atoms with van der Waals surface area (Å²) in [7, 11) is 0. The number of amidine groups is 1. The van der Waals surface area contributed by atoms with Crippen LogP contribution in [0, 0.1) is 10.1 Å². The second-order valence-corrected chi connectivity index (χ2v) is 2.91. The van der Waals surface area contributed by atoms with E-state index in [0.29, 0.717) is 4.68 Å². The number of alkyl halides is 3. The van der Waals surface area contributed by atoms with Crippen molar-refractivity contribution < 1.29 is 23.2 Å². The molecule has 0 spiro atoms. The Kier molecular flexibility index (Phi) is 2.23. The molecule has 1 aliphatic rings. The van der Waals surface area contributed by atoms with Gasteiger partial charge in [-0.15, -0.1) is 10.5 Å². The first-order valence-corrected chi connectivity index (χ1v) is 4.00. The van der Waals surface area contributed by atoms with Crippen molar-refractivity contribution >= 4 is 11.8 Å². The summed E-state index contributed by atoms with van der Waals surface area (Å²) in [6.07, 6.45) is -6.84. The van der Waals surface area contributed by atoms with Crippen LogP contribution in [0.2, 0.25) is 0 Å². The predicted molar refractivity (Wildman–Crippen MR) is 44.3 cm³/mol. The van der Waals surface area contributed by atoms with E-state index in [1.807, 2.05) is 5.43 Å². The molecule has 0 bridgehead atoms. The smallest absolute Gasteiger partial charge is 0.362 e. The van der Waals surface area contributed by atoms with Gasteiger partial charge < -0.3 is 15.2 Å². The van der Waals surface area contributed by atoms with Crippen molar-refractivity contribution in [3.05, 3.63) is 15.9 Å². The molecule has 1 aromatic heterocycles. The number of hydrazone groups is 1. The standard InChI is InChI=1S/C5H3F3N6O3/c6-5(7,8)3-9-4-11-10-1(14(16)17)2(15)13(4)12-3/h2,15H,(H,9,11,12). The van der Waals surface area contributed by atoms with Crippen LogP contribution in [0.15, 0.2) is 5.10 Å². The van der Waals surface area contributed by atoms with Crippen LogP contribution in [-0.2, 0) is 6.18 Å². The van der Waals surface area contributed by atoms with Gasteiger partial charge in [0.1, 0.15) is 0 Å². The van der Waals surface area contributed by atoms with Crippen LogP contribution in [0.3, 0.4) is 0 Å². The molecule has 17 heavy (non-hydrogen) atoms. The van der Waals surface area contributed by atoms with Crippen LogP contribution in [0.5, 0.6) is 0 Å². The number of hydrogen-bond donors (Lipinski definition) is 2. The molecule has 1 unspecified atom stereocenters. The lowest BCUT2D eigenvalue weighted by Crippen LogP contribution is -2.32. The number of rotatable bonds is 0. The van der Waals surface area contributed by atoms with Crippen molar-refractivity contribution in [3.8, 4) is 0 Å². The van der Waals surface area contributed by atoms with E-state index < -0.39 is 34.9 Å². The van der Waals surface area contributed by atoms with E-state index in [1.165, 1.54) is 0 Å². The summed E-state index contributed by atoms with van der Waals surface area (Å²) in [5.74, 6) is -3.04. The molecule has 1 aromatic rings. The van der Waals surface area contributed by atoms with E-state index in [4.69, 9.17) is 0 Å². The number of anilines is 1. The number of nitro groups is 1. The molecule has 9 nitrogen and oxygen atoms in total. The molecule has 0 radical (unpaired) electrons. The van der Waals surface area contributed by atoms with Crippen molar-refractivity contribution in [1.29, 1.82) is 0 Å². The lowest BCUT2D eigenvalue weighted by atomic mass is 10.5. The monoisotopic (exact) mass is 252 g/mol. The molecule has 0 fully saturated rings. The van der Waals surface area contributed by atoms with Gasteiger partial charge in [-0.05, 0) is 4.92 Å². The number of nitrogens with one attached hydrogen (secondary N) is 1. The average Bonchev–Trinajstić information content (AvgIpc) is 2.61. The van der Waals surface area contributed by atoms with Crippen LogP contribution in [0.4, 0.5) is 19.1 Å². The number of aliphatic hydroxyl groups excluding tert-OH is 1. The third-order valence-electron chi connectivity index (χ3n) is 1.80. The zero-order valence-corrected chi connectivity index (χ0v) is 7.71. The van der Waals surface area contributed by atoms with Crippen LogP contribution in [-0.4, -0.2) is 30.6 Å². The maximum atomic E-state index is 12.2. The molecular weight excluding hydrogens is 249 g/mol. The Labute approximate surface area is 89.7 Å².